The van der Waals surface area contributed by atoms with Gasteiger partial charge in [-0.25, -0.2) is 4.98 Å². The van der Waals surface area contributed by atoms with E-state index in [1.165, 1.54) is 19.4 Å². The molecular weight excluding hydrogens is 268 g/mol. The average molecular weight is 286 g/mol. The highest BCUT2D eigenvalue weighted by molar-refractivity contribution is 5.39. The minimum Gasteiger partial charge on any atom is -0.368 e. The zero-order chi connectivity index (χ0) is 14.2. The van der Waals surface area contributed by atoms with E-state index >= 15 is 0 Å². The van der Waals surface area contributed by atoms with Crippen molar-refractivity contribution in [2.75, 3.05) is 36.8 Å². The summed E-state index contributed by atoms with van der Waals surface area (Å²) in [6.07, 6.45) is 7.70. The molecule has 0 spiro atoms. The van der Waals surface area contributed by atoms with Gasteiger partial charge in [0.05, 0.1) is 0 Å². The number of nitrogens with zero attached hydrogens (tertiary/aromatic N) is 7. The molecule has 0 bridgehead atoms. The number of imidazole rings is 1. The molecule has 2 aromatic heterocycles. The van der Waals surface area contributed by atoms with Gasteiger partial charge in [-0.05, 0) is 19.4 Å². The molecule has 1 atom stereocenters. The smallest absolute Gasteiger partial charge is 0.241 e. The zero-order valence-electron chi connectivity index (χ0n) is 11.8. The molecule has 21 heavy (non-hydrogen) atoms. The van der Waals surface area contributed by atoms with Gasteiger partial charge < -0.3 is 10.6 Å². The first-order valence-electron chi connectivity index (χ1n) is 7.28. The first-order valence-corrected chi connectivity index (χ1v) is 7.28. The third kappa shape index (κ3) is 2.31. The monoisotopic (exact) mass is 286 g/mol. The molecule has 0 aliphatic carbocycles. The Hall–Kier alpha value is -2.22. The van der Waals surface area contributed by atoms with Crippen molar-refractivity contribution in [1.82, 2.24) is 29.4 Å². The molecule has 4 rings (SSSR count). The van der Waals surface area contributed by atoms with Gasteiger partial charge in [0.25, 0.3) is 0 Å². The molecule has 2 aliphatic heterocycles. The Morgan fingerprint density at radius 2 is 2.00 bits per heavy atom. The van der Waals surface area contributed by atoms with Gasteiger partial charge in [-0.3, -0.25) is 9.47 Å². The Morgan fingerprint density at radius 3 is 2.86 bits per heavy atom. The van der Waals surface area contributed by atoms with Crippen molar-refractivity contribution in [3.05, 3.63) is 18.7 Å². The molecule has 8 heteroatoms. The van der Waals surface area contributed by atoms with E-state index in [4.69, 9.17) is 5.73 Å². The van der Waals surface area contributed by atoms with Crippen LogP contribution < -0.4 is 10.6 Å². The number of aromatic nitrogens is 5. The van der Waals surface area contributed by atoms with Crippen LogP contribution in [0.4, 0.5) is 11.9 Å². The van der Waals surface area contributed by atoms with E-state index in [0.29, 0.717) is 17.9 Å². The average Bonchev–Trinajstić information content (AvgIpc) is 3.17. The molecule has 0 saturated carbocycles. The summed E-state index contributed by atoms with van der Waals surface area (Å²) in [6.45, 7) is 4.19. The molecule has 110 valence electrons. The van der Waals surface area contributed by atoms with Gasteiger partial charge in [0.1, 0.15) is 6.33 Å². The Kier molecular flexibility index (Phi) is 2.95. The first-order chi connectivity index (χ1) is 10.3. The second-order valence-corrected chi connectivity index (χ2v) is 5.54. The van der Waals surface area contributed by atoms with Gasteiger partial charge in [0.15, 0.2) is 0 Å². The third-order valence-electron chi connectivity index (χ3n) is 4.23. The van der Waals surface area contributed by atoms with Crippen LogP contribution >= 0.6 is 0 Å². The molecule has 8 nitrogen and oxygen atoms in total. The topological polar surface area (TPSA) is 89.0 Å². The molecule has 1 unspecified atom stereocenters. The number of piperazine rings is 1. The van der Waals surface area contributed by atoms with Crippen molar-refractivity contribution in [2.24, 2.45) is 0 Å². The molecule has 2 aromatic rings. The van der Waals surface area contributed by atoms with Crippen LogP contribution in [0, 0.1) is 0 Å². The van der Waals surface area contributed by atoms with Crippen LogP contribution in [0.2, 0.25) is 0 Å². The quantitative estimate of drug-likeness (QED) is 0.826. The summed E-state index contributed by atoms with van der Waals surface area (Å²) in [4.78, 5) is 21.8. The number of nitrogen functional groups attached to an aromatic ring is 1. The SMILES string of the molecule is Nc1nc(N2CCN3CCCC3C2)nc(-n2ccnc2)n1. The van der Waals surface area contributed by atoms with E-state index < -0.39 is 0 Å². The first kappa shape index (κ1) is 12.5. The van der Waals surface area contributed by atoms with Crippen molar-refractivity contribution >= 4 is 11.9 Å². The van der Waals surface area contributed by atoms with Crippen molar-refractivity contribution < 1.29 is 0 Å². The molecule has 0 amide bonds. The summed E-state index contributed by atoms with van der Waals surface area (Å²) in [5.74, 6) is 1.43. The maximum atomic E-state index is 5.85. The van der Waals surface area contributed by atoms with E-state index in [0.717, 1.165) is 19.6 Å². The van der Waals surface area contributed by atoms with Crippen molar-refractivity contribution in [3.8, 4) is 5.95 Å². The van der Waals surface area contributed by atoms with E-state index in [-0.39, 0.29) is 5.95 Å². The lowest BCUT2D eigenvalue weighted by atomic mass is 10.2. The van der Waals surface area contributed by atoms with Crippen LogP contribution in [-0.2, 0) is 0 Å². The fourth-order valence-corrected chi connectivity index (χ4v) is 3.18. The minimum atomic E-state index is 0.248. The van der Waals surface area contributed by atoms with Crippen molar-refractivity contribution in [3.63, 3.8) is 0 Å². The van der Waals surface area contributed by atoms with E-state index in [1.807, 2.05) is 0 Å². The van der Waals surface area contributed by atoms with Gasteiger partial charge >= 0.3 is 0 Å². The summed E-state index contributed by atoms with van der Waals surface area (Å²) in [7, 11) is 0. The van der Waals surface area contributed by atoms with Crippen LogP contribution in [0.3, 0.4) is 0 Å². The predicted octanol–water partition coefficient (Wildman–Crippen LogP) is -0.0761. The standard InChI is InChI=1S/C13H18N8/c14-11-16-12(18-13(17-11)21-5-3-15-9-21)20-7-6-19-4-1-2-10(19)8-20/h3,5,9-10H,1-2,4,6-8H2,(H2,14,16,17,18). The lowest BCUT2D eigenvalue weighted by Gasteiger charge is -2.37. The molecular formula is C13H18N8. The second-order valence-electron chi connectivity index (χ2n) is 5.54. The fraction of sp³-hybridized carbons (Fsp3) is 0.538. The van der Waals surface area contributed by atoms with Crippen LogP contribution in [0.25, 0.3) is 5.95 Å². The van der Waals surface area contributed by atoms with E-state index in [9.17, 15) is 0 Å². The Bertz CT molecular complexity index is 625. The van der Waals surface area contributed by atoms with Gasteiger partial charge in [0, 0.05) is 38.1 Å². The summed E-state index contributed by atoms with van der Waals surface area (Å²) < 4.78 is 1.74. The lowest BCUT2D eigenvalue weighted by Crippen LogP contribution is -2.50. The maximum absolute atomic E-state index is 5.85. The normalized spacial score (nSPS) is 22.5. The Labute approximate surface area is 122 Å². The fourth-order valence-electron chi connectivity index (χ4n) is 3.18. The summed E-state index contributed by atoms with van der Waals surface area (Å²) in [5, 5.41) is 0. The number of anilines is 2. The van der Waals surface area contributed by atoms with Crippen molar-refractivity contribution in [2.45, 2.75) is 18.9 Å². The number of nitrogens with two attached hydrogens (primary N) is 1. The molecule has 2 saturated heterocycles. The number of hydrogen-bond acceptors (Lipinski definition) is 7. The van der Waals surface area contributed by atoms with Gasteiger partial charge in [-0.15, -0.1) is 0 Å². The van der Waals surface area contributed by atoms with E-state index in [1.54, 1.807) is 23.3 Å². The second kappa shape index (κ2) is 4.96. The van der Waals surface area contributed by atoms with Gasteiger partial charge in [-0.1, -0.05) is 0 Å². The highest BCUT2D eigenvalue weighted by atomic mass is 15.4. The Balaban J connectivity index is 1.63. The van der Waals surface area contributed by atoms with Crippen molar-refractivity contribution in [1.29, 1.82) is 0 Å². The molecule has 0 aromatic carbocycles. The highest BCUT2D eigenvalue weighted by Gasteiger charge is 2.31. The van der Waals surface area contributed by atoms with Crippen LogP contribution in [0.15, 0.2) is 18.7 Å². The molecule has 2 aliphatic rings. The summed E-state index contributed by atoms with van der Waals surface area (Å²) in [5.41, 5.74) is 5.85. The van der Waals surface area contributed by atoms with E-state index in [2.05, 4.69) is 29.7 Å². The number of fused-ring (bicyclic) bond motifs is 1. The Morgan fingerprint density at radius 1 is 1.10 bits per heavy atom. The summed E-state index contributed by atoms with van der Waals surface area (Å²) in [6, 6.07) is 0.619. The predicted molar refractivity (Wildman–Crippen MR) is 78.2 cm³/mol. The van der Waals surface area contributed by atoms with Crippen LogP contribution in [-0.4, -0.2) is 61.6 Å². The minimum absolute atomic E-state index is 0.248. The van der Waals surface area contributed by atoms with Crippen LogP contribution in [0.5, 0.6) is 0 Å². The molecule has 4 heterocycles. The van der Waals surface area contributed by atoms with Crippen LogP contribution in [0.1, 0.15) is 12.8 Å². The number of hydrogen-bond donors (Lipinski definition) is 1. The molecule has 0 radical (unpaired) electrons. The highest BCUT2D eigenvalue weighted by Crippen LogP contribution is 2.24. The van der Waals surface area contributed by atoms with Gasteiger partial charge in [-0.2, -0.15) is 15.0 Å². The zero-order valence-corrected chi connectivity index (χ0v) is 11.8. The molecule has 2 fully saturated rings. The largest absolute Gasteiger partial charge is 0.368 e. The molecule has 2 N–H and O–H groups in total. The third-order valence-corrected chi connectivity index (χ3v) is 4.23. The number of rotatable bonds is 2. The lowest BCUT2D eigenvalue weighted by molar-refractivity contribution is 0.229. The van der Waals surface area contributed by atoms with Gasteiger partial charge in [0.2, 0.25) is 17.8 Å². The maximum Gasteiger partial charge on any atom is 0.241 e. The summed E-state index contributed by atoms with van der Waals surface area (Å²) >= 11 is 0.